The van der Waals surface area contributed by atoms with E-state index in [1.165, 1.54) is 11.1 Å². The lowest BCUT2D eigenvalue weighted by Gasteiger charge is -2.40. The highest BCUT2D eigenvalue weighted by atomic mass is 16.3. The molecule has 1 saturated carbocycles. The van der Waals surface area contributed by atoms with Crippen LogP contribution in [0, 0.1) is 0 Å². The zero-order chi connectivity index (χ0) is 21.6. The Morgan fingerprint density at radius 2 is 1.77 bits per heavy atom. The van der Waals surface area contributed by atoms with Gasteiger partial charge in [-0.25, -0.2) is 0 Å². The highest BCUT2D eigenvalue weighted by Gasteiger charge is 2.36. The van der Waals surface area contributed by atoms with Crippen molar-refractivity contribution < 1.29 is 9.90 Å². The van der Waals surface area contributed by atoms with Crippen molar-refractivity contribution in [2.75, 3.05) is 12.4 Å². The third kappa shape index (κ3) is 4.94. The van der Waals surface area contributed by atoms with Gasteiger partial charge in [-0.2, -0.15) is 0 Å². The number of hydrogen-bond donors (Lipinski definition) is 2. The first-order valence-corrected chi connectivity index (χ1v) is 10.9. The lowest BCUT2D eigenvalue weighted by Crippen LogP contribution is -2.54. The maximum Gasteiger partial charge on any atom is 0.272 e. The van der Waals surface area contributed by atoms with Crippen molar-refractivity contribution in [3.05, 3.63) is 95.8 Å². The summed E-state index contributed by atoms with van der Waals surface area (Å²) < 4.78 is 0. The van der Waals surface area contributed by atoms with Crippen molar-refractivity contribution in [1.82, 2.24) is 9.88 Å². The highest BCUT2D eigenvalue weighted by Crippen LogP contribution is 2.28. The fraction of sp³-hybridized carbons (Fsp3) is 0.308. The standard InChI is InChI=1S/C26H29N3O2/c1-29(26(31)23-14-7-8-17-27-23)24-16-9-15-22(25(24)30)28-21-13-6-5-12-20(21)18-19-10-3-2-4-11-19/h2-8,10-14,17,22,24-25,28,30H,9,15-16,18H2,1H3/t22-,24-,25+/m1/s1. The van der Waals surface area contributed by atoms with Crippen molar-refractivity contribution in [3.8, 4) is 0 Å². The zero-order valence-corrected chi connectivity index (χ0v) is 17.8. The molecule has 1 aliphatic carbocycles. The molecule has 1 amide bonds. The average Bonchev–Trinajstić information content (AvgIpc) is 2.82. The van der Waals surface area contributed by atoms with Gasteiger partial charge >= 0.3 is 0 Å². The number of aliphatic hydroxyl groups excluding tert-OH is 1. The van der Waals surface area contributed by atoms with Crippen LogP contribution in [0.25, 0.3) is 0 Å². The fourth-order valence-electron chi connectivity index (χ4n) is 4.39. The number of carbonyl (C=O) groups is 1. The topological polar surface area (TPSA) is 65.5 Å². The number of amides is 1. The van der Waals surface area contributed by atoms with Crippen LogP contribution in [0.15, 0.2) is 79.0 Å². The summed E-state index contributed by atoms with van der Waals surface area (Å²) in [5.74, 6) is -0.158. The minimum absolute atomic E-state index is 0.116. The van der Waals surface area contributed by atoms with Gasteiger partial charge in [-0.3, -0.25) is 9.78 Å². The summed E-state index contributed by atoms with van der Waals surface area (Å²) in [6, 6.07) is 23.6. The molecule has 4 rings (SSSR count). The van der Waals surface area contributed by atoms with Crippen LogP contribution in [0.3, 0.4) is 0 Å². The largest absolute Gasteiger partial charge is 0.389 e. The van der Waals surface area contributed by atoms with Gasteiger partial charge < -0.3 is 15.3 Å². The molecule has 3 atom stereocenters. The number of anilines is 1. The average molecular weight is 416 g/mol. The second-order valence-corrected chi connectivity index (χ2v) is 8.19. The van der Waals surface area contributed by atoms with E-state index in [2.05, 4.69) is 46.7 Å². The van der Waals surface area contributed by atoms with Gasteiger partial charge in [-0.05, 0) is 55.0 Å². The molecule has 5 heteroatoms. The number of aliphatic hydroxyl groups is 1. The van der Waals surface area contributed by atoms with Gasteiger partial charge in [0, 0.05) is 18.9 Å². The summed E-state index contributed by atoms with van der Waals surface area (Å²) in [4.78, 5) is 18.7. The summed E-state index contributed by atoms with van der Waals surface area (Å²) >= 11 is 0. The molecule has 1 aliphatic rings. The minimum atomic E-state index is -0.656. The van der Waals surface area contributed by atoms with Gasteiger partial charge in [0.05, 0.1) is 18.2 Å². The number of nitrogens with zero attached hydrogens (tertiary/aromatic N) is 2. The molecular weight excluding hydrogens is 386 g/mol. The number of carbonyl (C=O) groups excluding carboxylic acids is 1. The molecule has 5 nitrogen and oxygen atoms in total. The Morgan fingerprint density at radius 3 is 2.55 bits per heavy atom. The summed E-state index contributed by atoms with van der Waals surface area (Å²) in [6.07, 6.45) is 4.38. The van der Waals surface area contributed by atoms with E-state index < -0.39 is 6.10 Å². The lowest BCUT2D eigenvalue weighted by atomic mass is 9.86. The molecule has 2 N–H and O–H groups in total. The maximum atomic E-state index is 12.8. The number of para-hydroxylation sites is 1. The molecule has 0 bridgehead atoms. The summed E-state index contributed by atoms with van der Waals surface area (Å²) in [7, 11) is 1.76. The van der Waals surface area contributed by atoms with Crippen LogP contribution in [0.2, 0.25) is 0 Å². The first-order valence-electron chi connectivity index (χ1n) is 10.9. The molecule has 31 heavy (non-hydrogen) atoms. The molecule has 0 saturated heterocycles. The van der Waals surface area contributed by atoms with Gasteiger partial charge in [0.15, 0.2) is 0 Å². The van der Waals surface area contributed by atoms with Crippen LogP contribution in [-0.2, 0) is 6.42 Å². The summed E-state index contributed by atoms with van der Waals surface area (Å²) in [5.41, 5.74) is 3.88. The van der Waals surface area contributed by atoms with Crippen LogP contribution in [0.5, 0.6) is 0 Å². The number of rotatable bonds is 6. The van der Waals surface area contributed by atoms with E-state index >= 15 is 0 Å². The Labute approximate surface area is 183 Å². The molecule has 0 unspecified atom stereocenters. The molecule has 1 fully saturated rings. The van der Waals surface area contributed by atoms with E-state index in [0.717, 1.165) is 31.4 Å². The van der Waals surface area contributed by atoms with Crippen molar-refractivity contribution in [2.24, 2.45) is 0 Å². The first-order chi connectivity index (χ1) is 15.1. The SMILES string of the molecule is CN(C(=O)c1ccccn1)[C@@H]1CCC[C@@H](Nc2ccccc2Cc2ccccc2)[C@@H]1O. The minimum Gasteiger partial charge on any atom is -0.389 e. The fourth-order valence-corrected chi connectivity index (χ4v) is 4.39. The van der Waals surface area contributed by atoms with Crippen LogP contribution in [0.1, 0.15) is 40.9 Å². The molecule has 1 heterocycles. The van der Waals surface area contributed by atoms with Crippen molar-refractivity contribution in [3.63, 3.8) is 0 Å². The quantitative estimate of drug-likeness (QED) is 0.635. The second-order valence-electron chi connectivity index (χ2n) is 8.19. The van der Waals surface area contributed by atoms with Gasteiger partial charge in [-0.15, -0.1) is 0 Å². The van der Waals surface area contributed by atoms with Gasteiger partial charge in [0.25, 0.3) is 5.91 Å². The van der Waals surface area contributed by atoms with Gasteiger partial charge in [0.2, 0.25) is 0 Å². The third-order valence-corrected chi connectivity index (χ3v) is 6.12. The second kappa shape index (κ2) is 9.75. The summed E-state index contributed by atoms with van der Waals surface area (Å²) in [5, 5.41) is 14.7. The van der Waals surface area contributed by atoms with E-state index in [9.17, 15) is 9.90 Å². The molecule has 0 spiro atoms. The normalized spacial score (nSPS) is 20.8. The first kappa shape index (κ1) is 21.1. The highest BCUT2D eigenvalue weighted by molar-refractivity contribution is 5.92. The van der Waals surface area contributed by atoms with Crippen LogP contribution >= 0.6 is 0 Å². The molecule has 160 valence electrons. The van der Waals surface area contributed by atoms with E-state index in [-0.39, 0.29) is 18.0 Å². The van der Waals surface area contributed by atoms with E-state index in [1.54, 1.807) is 36.3 Å². The van der Waals surface area contributed by atoms with Crippen molar-refractivity contribution >= 4 is 11.6 Å². The van der Waals surface area contributed by atoms with Gasteiger partial charge in [0.1, 0.15) is 5.69 Å². The monoisotopic (exact) mass is 415 g/mol. The Hall–Kier alpha value is -3.18. The van der Waals surface area contributed by atoms with Crippen molar-refractivity contribution in [2.45, 2.75) is 43.9 Å². The molecule has 0 radical (unpaired) electrons. The Kier molecular flexibility index (Phi) is 6.63. The van der Waals surface area contributed by atoms with E-state index in [0.29, 0.717) is 5.69 Å². The molecule has 2 aromatic carbocycles. The number of hydrogen-bond acceptors (Lipinski definition) is 4. The molecule has 1 aromatic heterocycles. The van der Waals surface area contributed by atoms with Crippen LogP contribution < -0.4 is 5.32 Å². The smallest absolute Gasteiger partial charge is 0.272 e. The maximum absolute atomic E-state index is 12.8. The predicted octanol–water partition coefficient (Wildman–Crippen LogP) is 4.14. The number of nitrogens with one attached hydrogen (secondary N) is 1. The number of likely N-dealkylation sites (N-methyl/N-ethyl adjacent to an activating group) is 1. The number of pyridine rings is 1. The van der Waals surface area contributed by atoms with Crippen LogP contribution in [-0.4, -0.2) is 46.1 Å². The molecular formula is C26H29N3O2. The van der Waals surface area contributed by atoms with E-state index in [4.69, 9.17) is 0 Å². The van der Waals surface area contributed by atoms with E-state index in [1.807, 2.05) is 18.2 Å². The number of aromatic nitrogens is 1. The van der Waals surface area contributed by atoms with Crippen molar-refractivity contribution in [1.29, 1.82) is 0 Å². The third-order valence-electron chi connectivity index (χ3n) is 6.12. The Bertz CT molecular complexity index is 994. The van der Waals surface area contributed by atoms with Gasteiger partial charge in [-0.1, -0.05) is 54.6 Å². The Morgan fingerprint density at radius 1 is 1.03 bits per heavy atom. The summed E-state index contributed by atoms with van der Waals surface area (Å²) in [6.45, 7) is 0. The lowest BCUT2D eigenvalue weighted by molar-refractivity contribution is 0.0205. The zero-order valence-electron chi connectivity index (χ0n) is 17.8. The predicted molar refractivity (Wildman–Crippen MR) is 123 cm³/mol. The molecule has 3 aromatic rings. The number of benzene rings is 2. The van der Waals surface area contributed by atoms with Crippen LogP contribution in [0.4, 0.5) is 5.69 Å². The Balaban J connectivity index is 1.48. The molecule has 0 aliphatic heterocycles.